The molecule has 2 N–H and O–H groups in total. The SMILES string of the molecule is C=C.CCC(C)(F)F.CCCc1nc2c(s1)CCN(CCC1CCCCC1)CC2.NC(=O)CCC(F)(F)F. The van der Waals surface area contributed by atoms with Crippen LogP contribution in [0.4, 0.5) is 22.0 Å². The molecular formula is C28H48F5N3OS. The summed E-state index contributed by atoms with van der Waals surface area (Å²) in [4.78, 5) is 18.9. The van der Waals surface area contributed by atoms with Gasteiger partial charge in [0.1, 0.15) is 0 Å². The molecule has 0 radical (unpaired) electrons. The Morgan fingerprint density at radius 2 is 1.66 bits per heavy atom. The summed E-state index contributed by atoms with van der Waals surface area (Å²) in [5.74, 6) is -2.36. The Kier molecular flexibility index (Phi) is 18.7. The molecule has 3 rings (SSSR count). The van der Waals surface area contributed by atoms with Crippen molar-refractivity contribution in [2.45, 2.75) is 116 Å². The van der Waals surface area contributed by atoms with Crippen LogP contribution in [0.5, 0.6) is 0 Å². The van der Waals surface area contributed by atoms with E-state index in [1.54, 1.807) is 4.88 Å². The molecule has 0 saturated heterocycles. The van der Waals surface area contributed by atoms with Crippen molar-refractivity contribution in [1.29, 1.82) is 0 Å². The molecular weight excluding hydrogens is 521 g/mol. The number of hydrogen-bond acceptors (Lipinski definition) is 4. The first-order chi connectivity index (χ1) is 17.8. The Morgan fingerprint density at radius 1 is 1.08 bits per heavy atom. The predicted octanol–water partition coefficient (Wildman–Crippen LogP) is 8.13. The molecule has 1 amide bonds. The number of primary amides is 1. The van der Waals surface area contributed by atoms with Crippen LogP contribution in [0.3, 0.4) is 0 Å². The number of thiazole rings is 1. The smallest absolute Gasteiger partial charge is 0.370 e. The number of nitrogens with zero attached hydrogens (tertiary/aromatic N) is 2. The number of fused-ring (bicyclic) bond motifs is 1. The Hall–Kier alpha value is -1.55. The number of halogens is 5. The molecule has 1 aliphatic carbocycles. The van der Waals surface area contributed by atoms with E-state index in [9.17, 15) is 26.7 Å². The minimum absolute atomic E-state index is 0.0625. The molecule has 2 aliphatic rings. The van der Waals surface area contributed by atoms with Crippen molar-refractivity contribution in [1.82, 2.24) is 9.88 Å². The van der Waals surface area contributed by atoms with E-state index in [0.29, 0.717) is 0 Å². The standard InChI is InChI=1S/C18H30N2S.C4H6F3NO.C4H8F2.C2H4/c1-2-6-18-19-16-10-13-20(14-11-17(16)21-18)12-9-15-7-4-3-5-8-15;5-4(6,7)2-1-3(8)9;1-3-4(2,5)6;1-2/h15H,2-14H2,1H3;1-2H2,(H2,8,9);3H2,1-2H3;1-2H2. The number of nitrogens with two attached hydrogens (primary N) is 1. The van der Waals surface area contributed by atoms with Crippen LogP contribution in [-0.4, -0.2) is 47.5 Å². The summed E-state index contributed by atoms with van der Waals surface area (Å²) < 4.78 is 56.5. The lowest BCUT2D eigenvalue weighted by atomic mass is 9.87. The van der Waals surface area contributed by atoms with E-state index in [4.69, 9.17) is 4.98 Å². The quantitative estimate of drug-likeness (QED) is 0.254. The molecule has 1 saturated carbocycles. The number of amides is 1. The number of alkyl halides is 5. The van der Waals surface area contributed by atoms with Crippen molar-refractivity contribution >= 4 is 17.2 Å². The van der Waals surface area contributed by atoms with Crippen LogP contribution in [0.15, 0.2) is 13.2 Å². The van der Waals surface area contributed by atoms with Crippen LogP contribution >= 0.6 is 11.3 Å². The van der Waals surface area contributed by atoms with Crippen molar-refractivity contribution in [2.75, 3.05) is 19.6 Å². The van der Waals surface area contributed by atoms with Crippen LogP contribution in [0.2, 0.25) is 0 Å². The molecule has 0 atom stereocenters. The lowest BCUT2D eigenvalue weighted by molar-refractivity contribution is -0.142. The molecule has 4 nitrogen and oxygen atoms in total. The highest BCUT2D eigenvalue weighted by atomic mass is 32.1. The van der Waals surface area contributed by atoms with E-state index >= 15 is 0 Å². The largest absolute Gasteiger partial charge is 0.389 e. The molecule has 0 bridgehead atoms. The maximum Gasteiger partial charge on any atom is 0.389 e. The van der Waals surface area contributed by atoms with E-state index < -0.39 is 30.8 Å². The van der Waals surface area contributed by atoms with Gasteiger partial charge in [0.25, 0.3) is 0 Å². The first-order valence-electron chi connectivity index (χ1n) is 13.8. The molecule has 38 heavy (non-hydrogen) atoms. The summed E-state index contributed by atoms with van der Waals surface area (Å²) >= 11 is 1.98. The minimum atomic E-state index is -4.27. The lowest BCUT2D eigenvalue weighted by Crippen LogP contribution is -2.29. The van der Waals surface area contributed by atoms with Gasteiger partial charge in [-0.3, -0.25) is 4.79 Å². The molecule has 0 unspecified atom stereocenters. The van der Waals surface area contributed by atoms with Gasteiger partial charge >= 0.3 is 6.18 Å². The fourth-order valence-corrected chi connectivity index (χ4v) is 5.32. The van der Waals surface area contributed by atoms with Crippen molar-refractivity contribution in [3.8, 4) is 0 Å². The molecule has 10 heteroatoms. The number of carbonyl (C=O) groups excluding carboxylic acids is 1. The molecule has 0 aromatic carbocycles. The average molecular weight is 570 g/mol. The van der Waals surface area contributed by atoms with E-state index in [1.165, 1.54) is 101 Å². The summed E-state index contributed by atoms with van der Waals surface area (Å²) in [7, 11) is 0. The molecule has 0 spiro atoms. The molecule has 1 aliphatic heterocycles. The maximum atomic E-state index is 11.5. The first kappa shape index (κ1) is 36.5. The molecule has 2 heterocycles. The van der Waals surface area contributed by atoms with Gasteiger partial charge in [-0.1, -0.05) is 46.0 Å². The molecule has 1 aromatic rings. The van der Waals surface area contributed by atoms with Crippen molar-refractivity contribution in [2.24, 2.45) is 11.7 Å². The summed E-state index contributed by atoms with van der Waals surface area (Å²) in [6, 6.07) is 0. The number of carbonyl (C=O) groups is 1. The third-order valence-electron chi connectivity index (χ3n) is 6.46. The van der Waals surface area contributed by atoms with Gasteiger partial charge in [-0.05, 0) is 45.1 Å². The lowest BCUT2D eigenvalue weighted by Gasteiger charge is -2.26. The zero-order valence-corrected chi connectivity index (χ0v) is 24.3. The van der Waals surface area contributed by atoms with Gasteiger partial charge in [0, 0.05) is 37.2 Å². The van der Waals surface area contributed by atoms with Gasteiger partial charge in [0.2, 0.25) is 11.8 Å². The van der Waals surface area contributed by atoms with Gasteiger partial charge in [-0.2, -0.15) is 13.2 Å². The van der Waals surface area contributed by atoms with E-state index in [0.717, 1.165) is 12.8 Å². The third-order valence-corrected chi connectivity index (χ3v) is 7.68. The Bertz CT molecular complexity index is 733. The zero-order chi connectivity index (χ0) is 29.2. The van der Waals surface area contributed by atoms with Crippen LogP contribution in [0, 0.1) is 5.92 Å². The van der Waals surface area contributed by atoms with Gasteiger partial charge in [0.15, 0.2) is 0 Å². The highest BCUT2D eigenvalue weighted by Gasteiger charge is 2.27. The number of hydrogen-bond donors (Lipinski definition) is 1. The van der Waals surface area contributed by atoms with Crippen LogP contribution < -0.4 is 5.73 Å². The normalized spacial score (nSPS) is 16.4. The molecule has 1 fully saturated rings. The van der Waals surface area contributed by atoms with E-state index in [1.807, 2.05) is 11.3 Å². The maximum absolute atomic E-state index is 11.5. The van der Waals surface area contributed by atoms with Crippen LogP contribution in [-0.2, 0) is 24.1 Å². The van der Waals surface area contributed by atoms with Crippen LogP contribution in [0.25, 0.3) is 0 Å². The highest BCUT2D eigenvalue weighted by Crippen LogP contribution is 2.28. The monoisotopic (exact) mass is 569 g/mol. The van der Waals surface area contributed by atoms with Crippen molar-refractivity contribution in [3.05, 3.63) is 28.7 Å². The summed E-state index contributed by atoms with van der Waals surface area (Å²) in [6.07, 6.45) is 7.58. The summed E-state index contributed by atoms with van der Waals surface area (Å²) in [5.41, 5.74) is 5.88. The average Bonchev–Trinajstić information content (AvgIpc) is 3.16. The number of aromatic nitrogens is 1. The fourth-order valence-electron chi connectivity index (χ4n) is 4.11. The predicted molar refractivity (Wildman–Crippen MR) is 148 cm³/mol. The van der Waals surface area contributed by atoms with Gasteiger partial charge in [0.05, 0.1) is 17.1 Å². The Balaban J connectivity index is 0.000000671. The van der Waals surface area contributed by atoms with Gasteiger partial charge < -0.3 is 10.6 Å². The minimum Gasteiger partial charge on any atom is -0.370 e. The van der Waals surface area contributed by atoms with E-state index in [-0.39, 0.29) is 6.42 Å². The highest BCUT2D eigenvalue weighted by molar-refractivity contribution is 7.11. The summed E-state index contributed by atoms with van der Waals surface area (Å²) in [5, 5.41) is 1.37. The molecule has 1 aromatic heterocycles. The Morgan fingerprint density at radius 3 is 2.13 bits per heavy atom. The molecule has 222 valence electrons. The number of aryl methyl sites for hydroxylation is 1. The Labute approximate surface area is 230 Å². The first-order valence-corrected chi connectivity index (χ1v) is 14.6. The van der Waals surface area contributed by atoms with Crippen molar-refractivity contribution < 1.29 is 26.7 Å². The van der Waals surface area contributed by atoms with Crippen molar-refractivity contribution in [3.63, 3.8) is 0 Å². The van der Waals surface area contributed by atoms with E-state index in [2.05, 4.69) is 30.7 Å². The van der Waals surface area contributed by atoms with Gasteiger partial charge in [-0.25, -0.2) is 13.8 Å². The van der Waals surface area contributed by atoms with Crippen LogP contribution in [0.1, 0.15) is 101 Å². The van der Waals surface area contributed by atoms with Gasteiger partial charge in [-0.15, -0.1) is 24.5 Å². The topological polar surface area (TPSA) is 59.2 Å². The fraction of sp³-hybridized carbons (Fsp3) is 0.786. The second kappa shape index (κ2) is 19.5. The second-order valence-electron chi connectivity index (χ2n) is 9.87. The zero-order valence-electron chi connectivity index (χ0n) is 23.5. The summed E-state index contributed by atoms with van der Waals surface area (Å²) in [6.45, 7) is 14.4. The second-order valence-corrected chi connectivity index (χ2v) is 11.0. The third kappa shape index (κ3) is 18.7. The number of rotatable bonds is 8.